The van der Waals surface area contributed by atoms with Crippen LogP contribution in [0.25, 0.3) is 0 Å². The van der Waals surface area contributed by atoms with Gasteiger partial charge in [-0.25, -0.2) is 4.98 Å². The molecule has 0 saturated heterocycles. The zero-order valence-corrected chi connectivity index (χ0v) is 11.1. The van der Waals surface area contributed by atoms with Crippen molar-refractivity contribution in [1.29, 1.82) is 0 Å². The van der Waals surface area contributed by atoms with Crippen LogP contribution in [0.5, 0.6) is 0 Å². The van der Waals surface area contributed by atoms with Crippen molar-refractivity contribution < 1.29 is 4.79 Å². The topological polar surface area (TPSA) is 30.0 Å². The molecule has 4 heteroatoms. The lowest BCUT2D eigenvalue weighted by Gasteiger charge is -2.01. The summed E-state index contributed by atoms with van der Waals surface area (Å²) in [6.45, 7) is 0. The van der Waals surface area contributed by atoms with Gasteiger partial charge in [0.15, 0.2) is 5.78 Å². The van der Waals surface area contributed by atoms with Crippen LogP contribution < -0.4 is 0 Å². The first-order valence-electron chi connectivity index (χ1n) is 4.58. The summed E-state index contributed by atoms with van der Waals surface area (Å²) in [7, 11) is 0. The van der Waals surface area contributed by atoms with E-state index in [0.717, 1.165) is 3.57 Å². The van der Waals surface area contributed by atoms with Crippen molar-refractivity contribution in [2.45, 2.75) is 0 Å². The molecule has 1 aromatic carbocycles. The van der Waals surface area contributed by atoms with E-state index in [2.05, 4.69) is 27.6 Å². The Hall–Kier alpha value is -0.940. The van der Waals surface area contributed by atoms with Crippen LogP contribution in [0, 0.1) is 3.57 Å². The first kappa shape index (κ1) is 11.5. The molecule has 2 rings (SSSR count). The molecule has 0 atom stereocenters. The van der Waals surface area contributed by atoms with Crippen molar-refractivity contribution >= 4 is 40.0 Å². The van der Waals surface area contributed by atoms with E-state index < -0.39 is 0 Å². The molecule has 0 spiro atoms. The first-order chi connectivity index (χ1) is 7.66. The van der Waals surface area contributed by atoms with Crippen molar-refractivity contribution in [2.24, 2.45) is 0 Å². The van der Waals surface area contributed by atoms with Gasteiger partial charge in [-0.15, -0.1) is 0 Å². The number of carbonyl (C=O) groups is 1. The van der Waals surface area contributed by atoms with Crippen molar-refractivity contribution in [3.63, 3.8) is 0 Å². The summed E-state index contributed by atoms with van der Waals surface area (Å²) in [5.74, 6) is -0.0410. The first-order valence-corrected chi connectivity index (χ1v) is 6.04. The van der Waals surface area contributed by atoms with Crippen LogP contribution in [-0.2, 0) is 0 Å². The Labute approximate surface area is 112 Å². The van der Waals surface area contributed by atoms with Gasteiger partial charge in [0.25, 0.3) is 0 Å². The minimum absolute atomic E-state index is 0.0410. The normalized spacial score (nSPS) is 10.1. The van der Waals surface area contributed by atoms with Gasteiger partial charge in [0.2, 0.25) is 0 Å². The number of ketones is 1. The van der Waals surface area contributed by atoms with E-state index in [4.69, 9.17) is 11.6 Å². The molecule has 0 unspecified atom stereocenters. The Kier molecular flexibility index (Phi) is 3.56. The van der Waals surface area contributed by atoms with Gasteiger partial charge in [0, 0.05) is 20.9 Å². The fourth-order valence-corrected chi connectivity index (χ4v) is 1.85. The van der Waals surface area contributed by atoms with Crippen LogP contribution in [0.1, 0.15) is 15.9 Å². The number of carbonyl (C=O) groups excluding carboxylic acids is 1. The molecule has 0 N–H and O–H groups in total. The van der Waals surface area contributed by atoms with E-state index in [-0.39, 0.29) is 5.78 Å². The van der Waals surface area contributed by atoms with Crippen LogP contribution >= 0.6 is 34.2 Å². The van der Waals surface area contributed by atoms with Gasteiger partial charge < -0.3 is 0 Å². The second-order valence-electron chi connectivity index (χ2n) is 3.20. The Morgan fingerprint density at radius 2 is 1.81 bits per heavy atom. The summed E-state index contributed by atoms with van der Waals surface area (Å²) in [5.41, 5.74) is 1.21. The molecule has 0 aliphatic rings. The number of aromatic nitrogens is 1. The highest BCUT2D eigenvalue weighted by molar-refractivity contribution is 14.1. The molecule has 0 aliphatic carbocycles. The van der Waals surface area contributed by atoms with Gasteiger partial charge >= 0.3 is 0 Å². The number of rotatable bonds is 2. The summed E-state index contributed by atoms with van der Waals surface area (Å²) in [4.78, 5) is 15.9. The Morgan fingerprint density at radius 3 is 2.44 bits per heavy atom. The van der Waals surface area contributed by atoms with Gasteiger partial charge in [0.05, 0.1) is 0 Å². The summed E-state index contributed by atoms with van der Waals surface area (Å²) in [6.07, 6.45) is 1.53. The summed E-state index contributed by atoms with van der Waals surface area (Å²) in [6, 6.07) is 10.6. The zero-order chi connectivity index (χ0) is 11.5. The van der Waals surface area contributed by atoms with Crippen molar-refractivity contribution in [1.82, 2.24) is 4.98 Å². The predicted molar refractivity (Wildman–Crippen MR) is 71.8 cm³/mol. The predicted octanol–water partition coefficient (Wildman–Crippen LogP) is 3.57. The standard InChI is InChI=1S/C12H7ClINO/c13-11-7-9(5-6-15-11)12(16)8-1-3-10(14)4-2-8/h1-7H. The lowest BCUT2D eigenvalue weighted by molar-refractivity contribution is 0.103. The summed E-state index contributed by atoms with van der Waals surface area (Å²) in [5, 5.41) is 0.330. The molecule has 0 amide bonds. The fourth-order valence-electron chi connectivity index (χ4n) is 1.31. The third-order valence-corrected chi connectivity index (χ3v) is 3.02. The van der Waals surface area contributed by atoms with E-state index in [1.54, 1.807) is 24.3 Å². The highest BCUT2D eigenvalue weighted by Gasteiger charge is 2.09. The van der Waals surface area contributed by atoms with Crippen LogP contribution in [0.15, 0.2) is 42.6 Å². The maximum atomic E-state index is 12.0. The molecule has 0 bridgehead atoms. The minimum atomic E-state index is -0.0410. The van der Waals surface area contributed by atoms with Crippen molar-refractivity contribution in [3.8, 4) is 0 Å². The van der Waals surface area contributed by atoms with Crippen molar-refractivity contribution in [2.75, 3.05) is 0 Å². The van der Waals surface area contributed by atoms with Crippen LogP contribution in [0.4, 0.5) is 0 Å². The average Bonchev–Trinajstić information content (AvgIpc) is 2.29. The molecular formula is C12H7ClINO. The monoisotopic (exact) mass is 343 g/mol. The lowest BCUT2D eigenvalue weighted by Crippen LogP contribution is -2.01. The molecule has 0 radical (unpaired) electrons. The minimum Gasteiger partial charge on any atom is -0.289 e. The van der Waals surface area contributed by atoms with E-state index in [0.29, 0.717) is 16.3 Å². The van der Waals surface area contributed by atoms with E-state index in [9.17, 15) is 4.79 Å². The average molecular weight is 344 g/mol. The quantitative estimate of drug-likeness (QED) is 0.474. The molecule has 0 saturated carbocycles. The molecule has 2 aromatic rings. The maximum absolute atomic E-state index is 12.0. The Morgan fingerprint density at radius 1 is 1.12 bits per heavy atom. The second-order valence-corrected chi connectivity index (χ2v) is 4.84. The summed E-state index contributed by atoms with van der Waals surface area (Å²) < 4.78 is 1.10. The van der Waals surface area contributed by atoms with Crippen LogP contribution in [0.3, 0.4) is 0 Å². The molecule has 16 heavy (non-hydrogen) atoms. The van der Waals surface area contributed by atoms with Gasteiger partial charge in [-0.3, -0.25) is 4.79 Å². The summed E-state index contributed by atoms with van der Waals surface area (Å²) >= 11 is 7.93. The fraction of sp³-hybridized carbons (Fsp3) is 0. The SMILES string of the molecule is O=C(c1ccc(I)cc1)c1ccnc(Cl)c1. The molecule has 80 valence electrons. The second kappa shape index (κ2) is 4.93. The molecule has 1 heterocycles. The molecular weight excluding hydrogens is 336 g/mol. The van der Waals surface area contributed by atoms with Gasteiger partial charge in [-0.2, -0.15) is 0 Å². The largest absolute Gasteiger partial charge is 0.289 e. The molecule has 0 aliphatic heterocycles. The number of hydrogen-bond acceptors (Lipinski definition) is 2. The molecule has 0 fully saturated rings. The number of halogens is 2. The van der Waals surface area contributed by atoms with Crippen molar-refractivity contribution in [3.05, 3.63) is 62.4 Å². The van der Waals surface area contributed by atoms with E-state index >= 15 is 0 Å². The number of hydrogen-bond donors (Lipinski definition) is 0. The Balaban J connectivity index is 2.35. The molecule has 1 aromatic heterocycles. The third kappa shape index (κ3) is 2.59. The van der Waals surface area contributed by atoms with Crippen LogP contribution in [0.2, 0.25) is 5.15 Å². The highest BCUT2D eigenvalue weighted by atomic mass is 127. The zero-order valence-electron chi connectivity index (χ0n) is 8.15. The third-order valence-electron chi connectivity index (χ3n) is 2.10. The van der Waals surface area contributed by atoms with Crippen LogP contribution in [-0.4, -0.2) is 10.8 Å². The van der Waals surface area contributed by atoms with E-state index in [1.807, 2.05) is 12.1 Å². The smallest absolute Gasteiger partial charge is 0.193 e. The highest BCUT2D eigenvalue weighted by Crippen LogP contribution is 2.14. The maximum Gasteiger partial charge on any atom is 0.193 e. The van der Waals surface area contributed by atoms with Gasteiger partial charge in [0.1, 0.15) is 5.15 Å². The van der Waals surface area contributed by atoms with Gasteiger partial charge in [-0.05, 0) is 59.0 Å². The van der Waals surface area contributed by atoms with E-state index in [1.165, 1.54) is 6.20 Å². The van der Waals surface area contributed by atoms with Gasteiger partial charge in [-0.1, -0.05) is 11.6 Å². The Bertz CT molecular complexity index is 525. The lowest BCUT2D eigenvalue weighted by atomic mass is 10.1. The number of nitrogens with zero attached hydrogens (tertiary/aromatic N) is 1. The number of pyridine rings is 1. The molecule has 2 nitrogen and oxygen atoms in total. The number of benzene rings is 1.